The summed E-state index contributed by atoms with van der Waals surface area (Å²) in [7, 11) is 0. The van der Waals surface area contributed by atoms with E-state index in [0.717, 1.165) is 52.1 Å². The van der Waals surface area contributed by atoms with Crippen LogP contribution in [-0.4, -0.2) is 29.9 Å². The fourth-order valence-electron chi connectivity index (χ4n) is 5.20. The van der Waals surface area contributed by atoms with Gasteiger partial charge in [0, 0.05) is 36.0 Å². The van der Waals surface area contributed by atoms with Crippen LogP contribution in [0.5, 0.6) is 0 Å². The maximum atomic E-state index is 13.6. The molecule has 2 heterocycles. The van der Waals surface area contributed by atoms with Crippen molar-refractivity contribution in [2.75, 3.05) is 18.0 Å². The SMILES string of the molecule is Cc1cc(-c2cccc3c(=O)n(-c4ccc(N5C[C@@H](C)O[C@@H](C)C5)cc4)cc(C)c23)ccc1C#N. The highest BCUT2D eigenvalue weighted by Crippen LogP contribution is 2.31. The van der Waals surface area contributed by atoms with E-state index in [1.807, 2.05) is 68.6 Å². The third-order valence-electron chi connectivity index (χ3n) is 6.80. The van der Waals surface area contributed by atoms with Gasteiger partial charge in [0.15, 0.2) is 0 Å². The molecule has 5 rings (SSSR count). The van der Waals surface area contributed by atoms with Gasteiger partial charge >= 0.3 is 0 Å². The van der Waals surface area contributed by atoms with Crippen molar-refractivity contribution in [1.29, 1.82) is 5.26 Å². The summed E-state index contributed by atoms with van der Waals surface area (Å²) in [6.45, 7) is 9.90. The molecule has 0 amide bonds. The Hall–Kier alpha value is -3.88. The predicted molar refractivity (Wildman–Crippen MR) is 141 cm³/mol. The van der Waals surface area contributed by atoms with Crippen LogP contribution >= 0.6 is 0 Å². The summed E-state index contributed by atoms with van der Waals surface area (Å²) in [6.07, 6.45) is 2.31. The largest absolute Gasteiger partial charge is 0.372 e. The van der Waals surface area contributed by atoms with Crippen molar-refractivity contribution in [3.63, 3.8) is 0 Å². The van der Waals surface area contributed by atoms with Gasteiger partial charge in [-0.1, -0.05) is 24.3 Å². The molecule has 0 bridgehead atoms. The summed E-state index contributed by atoms with van der Waals surface area (Å²) in [5.74, 6) is 0. The number of ether oxygens (including phenoxy) is 1. The lowest BCUT2D eigenvalue weighted by atomic mass is 9.94. The zero-order valence-electron chi connectivity index (χ0n) is 20.6. The molecule has 0 saturated carbocycles. The fourth-order valence-corrected chi connectivity index (χ4v) is 5.20. The van der Waals surface area contributed by atoms with Gasteiger partial charge in [0.1, 0.15) is 0 Å². The zero-order valence-corrected chi connectivity index (χ0v) is 20.6. The van der Waals surface area contributed by atoms with Crippen molar-refractivity contribution in [3.05, 3.63) is 93.9 Å². The predicted octanol–water partition coefficient (Wildman–Crippen LogP) is 5.76. The monoisotopic (exact) mass is 463 g/mol. The van der Waals surface area contributed by atoms with E-state index in [1.165, 1.54) is 0 Å². The molecule has 176 valence electrons. The summed E-state index contributed by atoms with van der Waals surface area (Å²) in [5, 5.41) is 10.9. The van der Waals surface area contributed by atoms with Gasteiger partial charge in [-0.25, -0.2) is 0 Å². The summed E-state index contributed by atoms with van der Waals surface area (Å²) >= 11 is 0. The first-order valence-corrected chi connectivity index (χ1v) is 12.0. The van der Waals surface area contributed by atoms with Crippen LogP contribution in [0, 0.1) is 25.2 Å². The molecule has 35 heavy (non-hydrogen) atoms. The number of hydrogen-bond donors (Lipinski definition) is 0. The fraction of sp³-hybridized carbons (Fsp3) is 0.267. The van der Waals surface area contributed by atoms with Gasteiger partial charge in [0.25, 0.3) is 5.56 Å². The topological polar surface area (TPSA) is 58.3 Å². The van der Waals surface area contributed by atoms with Gasteiger partial charge in [-0.15, -0.1) is 0 Å². The Kier molecular flexibility index (Phi) is 5.92. The van der Waals surface area contributed by atoms with Crippen LogP contribution in [-0.2, 0) is 4.74 Å². The number of nitriles is 1. The number of nitrogens with zero attached hydrogens (tertiary/aromatic N) is 3. The Morgan fingerprint density at radius 2 is 1.60 bits per heavy atom. The second-order valence-corrected chi connectivity index (χ2v) is 9.54. The highest BCUT2D eigenvalue weighted by Gasteiger charge is 2.22. The van der Waals surface area contributed by atoms with Crippen molar-refractivity contribution in [2.45, 2.75) is 39.9 Å². The lowest BCUT2D eigenvalue weighted by Gasteiger charge is -2.36. The molecule has 2 atom stereocenters. The molecule has 1 fully saturated rings. The normalized spacial score (nSPS) is 18.0. The summed E-state index contributed by atoms with van der Waals surface area (Å²) in [4.78, 5) is 15.9. The summed E-state index contributed by atoms with van der Waals surface area (Å²) < 4.78 is 7.59. The van der Waals surface area contributed by atoms with E-state index in [2.05, 4.69) is 36.9 Å². The molecular weight excluding hydrogens is 434 g/mol. The highest BCUT2D eigenvalue weighted by atomic mass is 16.5. The van der Waals surface area contributed by atoms with Crippen LogP contribution < -0.4 is 10.5 Å². The lowest BCUT2D eigenvalue weighted by Crippen LogP contribution is -2.45. The Labute approximate surface area is 205 Å². The second kappa shape index (κ2) is 9.05. The number of aryl methyl sites for hydroxylation is 2. The van der Waals surface area contributed by atoms with Crippen molar-refractivity contribution < 1.29 is 4.74 Å². The van der Waals surface area contributed by atoms with Crippen LogP contribution in [0.4, 0.5) is 5.69 Å². The summed E-state index contributed by atoms with van der Waals surface area (Å²) in [6, 6.07) is 22.1. The molecule has 1 aliphatic rings. The van der Waals surface area contributed by atoms with Crippen LogP contribution in [0.25, 0.3) is 27.6 Å². The maximum absolute atomic E-state index is 13.6. The second-order valence-electron chi connectivity index (χ2n) is 9.54. The van der Waals surface area contributed by atoms with Crippen LogP contribution in [0.1, 0.15) is 30.5 Å². The summed E-state index contributed by atoms with van der Waals surface area (Å²) in [5.41, 5.74) is 6.57. The van der Waals surface area contributed by atoms with E-state index in [4.69, 9.17) is 4.74 Å². The molecule has 3 aromatic carbocycles. The molecule has 4 aromatic rings. The minimum Gasteiger partial charge on any atom is -0.372 e. The van der Waals surface area contributed by atoms with Crippen molar-refractivity contribution >= 4 is 16.5 Å². The van der Waals surface area contributed by atoms with Gasteiger partial charge in [-0.2, -0.15) is 5.26 Å². The van der Waals surface area contributed by atoms with Gasteiger partial charge in [0.05, 0.1) is 23.8 Å². The Morgan fingerprint density at radius 1 is 0.914 bits per heavy atom. The van der Waals surface area contributed by atoms with Crippen LogP contribution in [0.3, 0.4) is 0 Å². The number of anilines is 1. The van der Waals surface area contributed by atoms with Crippen molar-refractivity contribution in [3.8, 4) is 22.9 Å². The van der Waals surface area contributed by atoms with E-state index < -0.39 is 0 Å². The van der Waals surface area contributed by atoms with Crippen LogP contribution in [0.2, 0.25) is 0 Å². The number of aromatic nitrogens is 1. The Morgan fingerprint density at radius 3 is 2.26 bits per heavy atom. The quantitative estimate of drug-likeness (QED) is 0.388. The molecular formula is C30H29N3O2. The van der Waals surface area contributed by atoms with Gasteiger partial charge in [-0.05, 0) is 91.7 Å². The molecule has 5 nitrogen and oxygen atoms in total. The highest BCUT2D eigenvalue weighted by molar-refractivity contribution is 5.98. The molecule has 0 aliphatic carbocycles. The Balaban J connectivity index is 1.56. The minimum absolute atomic E-state index is 0.0424. The average molecular weight is 464 g/mol. The van der Waals surface area contributed by atoms with E-state index in [1.54, 1.807) is 4.57 Å². The van der Waals surface area contributed by atoms with Gasteiger partial charge in [0.2, 0.25) is 0 Å². The third-order valence-corrected chi connectivity index (χ3v) is 6.80. The molecule has 5 heteroatoms. The minimum atomic E-state index is -0.0424. The molecule has 0 spiro atoms. The van der Waals surface area contributed by atoms with Gasteiger partial charge < -0.3 is 9.64 Å². The van der Waals surface area contributed by atoms with E-state index in [9.17, 15) is 10.1 Å². The molecule has 1 aliphatic heterocycles. The molecule has 1 saturated heterocycles. The molecule has 0 N–H and O–H groups in total. The standard InChI is InChI=1S/C30H29N3O2/c1-19-14-23(8-9-24(19)15-31)27-6-5-7-28-29(27)20(2)16-33(30(28)34)26-12-10-25(11-13-26)32-17-21(3)35-22(4)18-32/h5-14,16,21-22H,17-18H2,1-4H3/t21-,22+. The smallest absolute Gasteiger partial charge is 0.262 e. The van der Waals surface area contributed by atoms with E-state index in [-0.39, 0.29) is 17.8 Å². The molecule has 0 radical (unpaired) electrons. The first-order valence-electron chi connectivity index (χ1n) is 12.0. The van der Waals surface area contributed by atoms with E-state index >= 15 is 0 Å². The Bertz CT molecular complexity index is 1500. The molecule has 0 unspecified atom stereocenters. The number of benzene rings is 3. The van der Waals surface area contributed by atoms with Crippen molar-refractivity contribution in [2.24, 2.45) is 0 Å². The lowest BCUT2D eigenvalue weighted by molar-refractivity contribution is -0.00521. The third kappa shape index (κ3) is 4.22. The van der Waals surface area contributed by atoms with Crippen LogP contribution in [0.15, 0.2) is 71.7 Å². The number of fused-ring (bicyclic) bond motifs is 1. The zero-order chi connectivity index (χ0) is 24.7. The van der Waals surface area contributed by atoms with Gasteiger partial charge in [-0.3, -0.25) is 9.36 Å². The van der Waals surface area contributed by atoms with E-state index in [0.29, 0.717) is 10.9 Å². The number of hydrogen-bond acceptors (Lipinski definition) is 4. The number of morpholine rings is 1. The first kappa shape index (κ1) is 22.9. The number of pyridine rings is 1. The average Bonchev–Trinajstić information content (AvgIpc) is 2.85. The first-order chi connectivity index (χ1) is 16.9. The maximum Gasteiger partial charge on any atom is 0.262 e. The molecule has 1 aromatic heterocycles. The van der Waals surface area contributed by atoms with Crippen molar-refractivity contribution in [1.82, 2.24) is 4.57 Å². The number of rotatable bonds is 3.